The van der Waals surface area contributed by atoms with Gasteiger partial charge in [-0.25, -0.2) is 0 Å². The molecule has 0 spiro atoms. The molecule has 110 valence electrons. The summed E-state index contributed by atoms with van der Waals surface area (Å²) in [6.07, 6.45) is 1.46. The first-order valence-corrected chi connectivity index (χ1v) is 6.62. The lowest BCUT2D eigenvalue weighted by Gasteiger charge is -2.23. The highest BCUT2D eigenvalue weighted by molar-refractivity contribution is 6.00. The molecule has 0 fully saturated rings. The number of carbonyl (C=O) groups excluding carboxylic acids is 1. The van der Waals surface area contributed by atoms with Crippen LogP contribution in [0.4, 0.5) is 5.69 Å². The third-order valence-electron chi connectivity index (χ3n) is 3.21. The molecule has 1 aromatic carbocycles. The minimum Gasteiger partial charge on any atom is -0.454 e. The third-order valence-corrected chi connectivity index (χ3v) is 3.21. The number of nitrogens with one attached hydrogen (secondary N) is 1. The van der Waals surface area contributed by atoms with Gasteiger partial charge >= 0.3 is 0 Å². The van der Waals surface area contributed by atoms with Crippen molar-refractivity contribution in [2.75, 3.05) is 19.1 Å². The molecule has 20 heavy (non-hydrogen) atoms. The van der Waals surface area contributed by atoms with Crippen LogP contribution in [0.25, 0.3) is 0 Å². The van der Waals surface area contributed by atoms with E-state index in [1.807, 2.05) is 6.92 Å². The molecule has 0 aromatic heterocycles. The van der Waals surface area contributed by atoms with Crippen molar-refractivity contribution in [3.05, 3.63) is 17.7 Å². The number of anilines is 1. The van der Waals surface area contributed by atoms with Gasteiger partial charge in [-0.3, -0.25) is 4.79 Å². The summed E-state index contributed by atoms with van der Waals surface area (Å²) in [6, 6.07) is 3.13. The maximum absolute atomic E-state index is 12.1. The van der Waals surface area contributed by atoms with Crippen LogP contribution in [0.15, 0.2) is 12.1 Å². The number of hydrogen-bond donors (Lipinski definition) is 3. The maximum atomic E-state index is 12.1. The Morgan fingerprint density at radius 1 is 1.45 bits per heavy atom. The molecule has 1 atom stereocenters. The molecule has 1 heterocycles. The standard InChI is InChI=1S/C14H20N2O4/c1-3-4-14(2,18)7-16-13(17)9-5-11-12(6-10(9)15)20-8-19-11/h5-6,18H,3-4,7-8,15H2,1-2H3,(H,16,17). The largest absolute Gasteiger partial charge is 0.454 e. The highest BCUT2D eigenvalue weighted by Crippen LogP contribution is 2.35. The molecule has 6 heteroatoms. The number of hydrogen-bond acceptors (Lipinski definition) is 5. The Balaban J connectivity index is 2.06. The van der Waals surface area contributed by atoms with Gasteiger partial charge < -0.3 is 25.6 Å². The van der Waals surface area contributed by atoms with E-state index in [-0.39, 0.29) is 19.2 Å². The second-order valence-corrected chi connectivity index (χ2v) is 5.22. The van der Waals surface area contributed by atoms with Crippen molar-refractivity contribution in [2.45, 2.75) is 32.3 Å². The van der Waals surface area contributed by atoms with Crippen molar-refractivity contribution in [2.24, 2.45) is 0 Å². The molecular weight excluding hydrogens is 260 g/mol. The fourth-order valence-corrected chi connectivity index (χ4v) is 2.15. The van der Waals surface area contributed by atoms with E-state index in [0.29, 0.717) is 29.2 Å². The Morgan fingerprint density at radius 2 is 2.10 bits per heavy atom. The van der Waals surface area contributed by atoms with Gasteiger partial charge in [-0.1, -0.05) is 13.3 Å². The fourth-order valence-electron chi connectivity index (χ4n) is 2.15. The number of carbonyl (C=O) groups is 1. The highest BCUT2D eigenvalue weighted by Gasteiger charge is 2.23. The normalized spacial score (nSPS) is 15.8. The van der Waals surface area contributed by atoms with Gasteiger partial charge in [0.05, 0.1) is 11.2 Å². The van der Waals surface area contributed by atoms with Gasteiger partial charge in [-0.15, -0.1) is 0 Å². The molecular formula is C14H20N2O4. The Kier molecular flexibility index (Phi) is 4.04. The van der Waals surface area contributed by atoms with Gasteiger partial charge in [0.2, 0.25) is 6.79 Å². The lowest BCUT2D eigenvalue weighted by atomic mass is 10.0. The second-order valence-electron chi connectivity index (χ2n) is 5.22. The first-order valence-electron chi connectivity index (χ1n) is 6.62. The number of nitrogens with two attached hydrogens (primary N) is 1. The summed E-state index contributed by atoms with van der Waals surface area (Å²) in [5.41, 5.74) is 5.55. The summed E-state index contributed by atoms with van der Waals surface area (Å²) in [5.74, 6) is 0.707. The Labute approximate surface area is 117 Å². The van der Waals surface area contributed by atoms with Gasteiger partial charge in [-0.2, -0.15) is 0 Å². The molecule has 0 saturated heterocycles. The van der Waals surface area contributed by atoms with E-state index in [4.69, 9.17) is 15.2 Å². The van der Waals surface area contributed by atoms with Crippen LogP contribution in [0, 0.1) is 0 Å². The molecule has 6 nitrogen and oxygen atoms in total. The first-order chi connectivity index (χ1) is 9.43. The van der Waals surface area contributed by atoms with Gasteiger partial charge in [-0.05, 0) is 19.4 Å². The zero-order valence-electron chi connectivity index (χ0n) is 11.7. The van der Waals surface area contributed by atoms with Crippen molar-refractivity contribution in [3.63, 3.8) is 0 Å². The molecule has 1 aromatic rings. The van der Waals surface area contributed by atoms with Crippen molar-refractivity contribution in [1.29, 1.82) is 0 Å². The number of benzene rings is 1. The van der Waals surface area contributed by atoms with E-state index < -0.39 is 5.60 Å². The third kappa shape index (κ3) is 3.14. The zero-order chi connectivity index (χ0) is 14.8. The smallest absolute Gasteiger partial charge is 0.253 e. The van der Waals surface area contributed by atoms with Crippen molar-refractivity contribution < 1.29 is 19.4 Å². The summed E-state index contributed by atoms with van der Waals surface area (Å²) < 4.78 is 10.4. The van der Waals surface area contributed by atoms with Crippen LogP contribution in [0.5, 0.6) is 11.5 Å². The van der Waals surface area contributed by atoms with Crippen molar-refractivity contribution in [1.82, 2.24) is 5.32 Å². The zero-order valence-corrected chi connectivity index (χ0v) is 11.7. The van der Waals surface area contributed by atoms with Crippen LogP contribution in [-0.2, 0) is 0 Å². The van der Waals surface area contributed by atoms with Crippen LogP contribution in [0.2, 0.25) is 0 Å². The van der Waals surface area contributed by atoms with Crippen molar-refractivity contribution in [3.8, 4) is 11.5 Å². The summed E-state index contributed by atoms with van der Waals surface area (Å²) in [5, 5.41) is 12.7. The van der Waals surface area contributed by atoms with Gasteiger partial charge in [0.15, 0.2) is 11.5 Å². The summed E-state index contributed by atoms with van der Waals surface area (Å²) in [4.78, 5) is 12.1. The average molecular weight is 280 g/mol. The summed E-state index contributed by atoms with van der Waals surface area (Å²) in [7, 11) is 0. The summed E-state index contributed by atoms with van der Waals surface area (Å²) >= 11 is 0. The van der Waals surface area contributed by atoms with E-state index in [1.54, 1.807) is 19.1 Å². The number of rotatable bonds is 5. The Bertz CT molecular complexity index is 514. The molecule has 1 aliphatic rings. The molecule has 0 saturated carbocycles. The van der Waals surface area contributed by atoms with Crippen LogP contribution < -0.4 is 20.5 Å². The highest BCUT2D eigenvalue weighted by atomic mass is 16.7. The minimum atomic E-state index is -0.921. The minimum absolute atomic E-state index is 0.130. The lowest BCUT2D eigenvalue weighted by Crippen LogP contribution is -2.40. The van der Waals surface area contributed by atoms with Crippen LogP contribution >= 0.6 is 0 Å². The molecule has 1 unspecified atom stereocenters. The van der Waals surface area contributed by atoms with E-state index in [9.17, 15) is 9.90 Å². The van der Waals surface area contributed by atoms with Gasteiger partial charge in [0.1, 0.15) is 0 Å². The molecule has 2 rings (SSSR count). The molecule has 0 aliphatic carbocycles. The monoisotopic (exact) mass is 280 g/mol. The molecule has 0 radical (unpaired) electrons. The molecule has 1 amide bonds. The van der Waals surface area contributed by atoms with E-state index in [0.717, 1.165) is 6.42 Å². The number of ether oxygens (including phenoxy) is 2. The predicted octanol–water partition coefficient (Wildman–Crippen LogP) is 1.28. The average Bonchev–Trinajstić information content (AvgIpc) is 2.82. The fraction of sp³-hybridized carbons (Fsp3) is 0.500. The number of amides is 1. The molecule has 1 aliphatic heterocycles. The van der Waals surface area contributed by atoms with Gasteiger partial charge in [0.25, 0.3) is 5.91 Å². The van der Waals surface area contributed by atoms with Crippen molar-refractivity contribution >= 4 is 11.6 Å². The van der Waals surface area contributed by atoms with Gasteiger partial charge in [0, 0.05) is 18.3 Å². The van der Waals surface area contributed by atoms with E-state index in [1.165, 1.54) is 0 Å². The summed E-state index contributed by atoms with van der Waals surface area (Å²) in [6.45, 7) is 3.98. The van der Waals surface area contributed by atoms with Crippen LogP contribution in [-0.4, -0.2) is 30.0 Å². The molecule has 0 bridgehead atoms. The molecule has 4 N–H and O–H groups in total. The predicted molar refractivity (Wildman–Crippen MR) is 74.8 cm³/mol. The number of fused-ring (bicyclic) bond motifs is 1. The maximum Gasteiger partial charge on any atom is 0.253 e. The quantitative estimate of drug-likeness (QED) is 0.706. The first kappa shape index (κ1) is 14.5. The van der Waals surface area contributed by atoms with E-state index >= 15 is 0 Å². The van der Waals surface area contributed by atoms with Crippen LogP contribution in [0.3, 0.4) is 0 Å². The Morgan fingerprint density at radius 3 is 2.75 bits per heavy atom. The lowest BCUT2D eigenvalue weighted by molar-refractivity contribution is 0.0470. The SMILES string of the molecule is CCCC(C)(O)CNC(=O)c1cc2c(cc1N)OCO2. The number of aliphatic hydroxyl groups is 1. The Hall–Kier alpha value is -1.95. The van der Waals surface area contributed by atoms with E-state index in [2.05, 4.69) is 5.32 Å². The topological polar surface area (TPSA) is 93.8 Å². The number of nitrogen functional groups attached to an aromatic ring is 1. The van der Waals surface area contributed by atoms with Crippen LogP contribution in [0.1, 0.15) is 37.0 Å². The second kappa shape index (κ2) is 5.58.